The van der Waals surface area contributed by atoms with Crippen molar-refractivity contribution >= 4 is 16.9 Å². The van der Waals surface area contributed by atoms with Gasteiger partial charge in [-0.05, 0) is 30.2 Å². The largest absolute Gasteiger partial charge is 0.497 e. The highest BCUT2D eigenvalue weighted by molar-refractivity contribution is 5.87. The number of benzene rings is 2. The second-order valence-corrected chi connectivity index (χ2v) is 8.04. The number of nitrogens with one attached hydrogen (secondary N) is 1. The molecule has 2 aromatic carbocycles. The first-order valence-corrected chi connectivity index (χ1v) is 11.2. The zero-order valence-electron chi connectivity index (χ0n) is 19.6. The number of rotatable bonds is 9. The summed E-state index contributed by atoms with van der Waals surface area (Å²) in [4.78, 5) is 36.9. The standard InChI is InChI=1S/C27H26N2O6/c1-18-27(34-17-19-6-4-3-5-7-19)23(30)10-12-29(18)13-11-28-25(31)14-20-15-26(32)35-24-16-21(33-2)8-9-22(20)24/h3-10,12,15-16H,11,13-14,17H2,1-2H3,(H,28,31). The van der Waals surface area contributed by atoms with E-state index < -0.39 is 5.63 Å². The van der Waals surface area contributed by atoms with Crippen LogP contribution in [0.1, 0.15) is 16.8 Å². The van der Waals surface area contributed by atoms with E-state index in [-0.39, 0.29) is 17.8 Å². The Morgan fingerprint density at radius 1 is 1.06 bits per heavy atom. The maximum Gasteiger partial charge on any atom is 0.336 e. The smallest absolute Gasteiger partial charge is 0.336 e. The Labute approximate surface area is 201 Å². The molecule has 0 fully saturated rings. The summed E-state index contributed by atoms with van der Waals surface area (Å²) >= 11 is 0. The molecule has 35 heavy (non-hydrogen) atoms. The minimum absolute atomic E-state index is 0.0308. The highest BCUT2D eigenvalue weighted by Crippen LogP contribution is 2.22. The van der Waals surface area contributed by atoms with Gasteiger partial charge in [-0.1, -0.05) is 30.3 Å². The van der Waals surface area contributed by atoms with Crippen molar-refractivity contribution < 1.29 is 18.7 Å². The van der Waals surface area contributed by atoms with Crippen LogP contribution in [0.3, 0.4) is 0 Å². The molecular weight excluding hydrogens is 448 g/mol. The molecule has 0 bridgehead atoms. The number of aromatic nitrogens is 1. The summed E-state index contributed by atoms with van der Waals surface area (Å²) in [6, 6.07) is 17.5. The number of carbonyl (C=O) groups excluding carboxylic acids is 1. The molecule has 0 saturated heterocycles. The fourth-order valence-corrected chi connectivity index (χ4v) is 3.84. The number of amides is 1. The Morgan fingerprint density at radius 2 is 1.86 bits per heavy atom. The number of pyridine rings is 1. The molecule has 8 heteroatoms. The van der Waals surface area contributed by atoms with Gasteiger partial charge in [0.25, 0.3) is 0 Å². The van der Waals surface area contributed by atoms with Gasteiger partial charge in [0, 0.05) is 42.9 Å². The van der Waals surface area contributed by atoms with Crippen molar-refractivity contribution in [2.24, 2.45) is 0 Å². The molecule has 0 spiro atoms. The second kappa shape index (κ2) is 10.7. The van der Waals surface area contributed by atoms with E-state index in [2.05, 4.69) is 5.32 Å². The number of carbonyl (C=O) groups is 1. The molecule has 4 aromatic rings. The number of hydrogen-bond acceptors (Lipinski definition) is 6. The molecule has 0 aliphatic rings. The van der Waals surface area contributed by atoms with E-state index in [1.165, 1.54) is 19.2 Å². The van der Waals surface area contributed by atoms with E-state index in [0.29, 0.717) is 53.4 Å². The molecule has 8 nitrogen and oxygen atoms in total. The summed E-state index contributed by atoms with van der Waals surface area (Å²) in [6.45, 7) is 2.90. The van der Waals surface area contributed by atoms with Crippen molar-refractivity contribution in [1.29, 1.82) is 0 Å². The van der Waals surface area contributed by atoms with Gasteiger partial charge < -0.3 is 23.8 Å². The normalized spacial score (nSPS) is 10.8. The Balaban J connectivity index is 1.39. The summed E-state index contributed by atoms with van der Waals surface area (Å²) in [7, 11) is 1.53. The third kappa shape index (κ3) is 5.78. The van der Waals surface area contributed by atoms with Gasteiger partial charge in [-0.3, -0.25) is 9.59 Å². The maximum atomic E-state index is 12.6. The monoisotopic (exact) mass is 474 g/mol. The van der Waals surface area contributed by atoms with E-state index in [9.17, 15) is 14.4 Å². The molecule has 180 valence electrons. The van der Waals surface area contributed by atoms with Crippen molar-refractivity contribution in [3.8, 4) is 11.5 Å². The van der Waals surface area contributed by atoms with Gasteiger partial charge in [0.05, 0.1) is 19.2 Å². The lowest BCUT2D eigenvalue weighted by Crippen LogP contribution is -2.29. The van der Waals surface area contributed by atoms with Crippen molar-refractivity contribution in [1.82, 2.24) is 9.88 Å². The predicted octanol–water partition coefficient (Wildman–Crippen LogP) is 3.21. The van der Waals surface area contributed by atoms with Crippen LogP contribution >= 0.6 is 0 Å². The fraction of sp³-hybridized carbons (Fsp3) is 0.222. The molecule has 0 aliphatic heterocycles. The van der Waals surface area contributed by atoms with Crippen LogP contribution in [0.2, 0.25) is 0 Å². The number of nitrogens with zero attached hydrogens (tertiary/aromatic N) is 1. The van der Waals surface area contributed by atoms with Gasteiger partial charge in [-0.25, -0.2) is 4.79 Å². The summed E-state index contributed by atoms with van der Waals surface area (Å²) < 4.78 is 18.1. The molecule has 0 atom stereocenters. The quantitative estimate of drug-likeness (QED) is 0.374. The molecule has 2 heterocycles. The lowest BCUT2D eigenvalue weighted by atomic mass is 10.1. The minimum atomic E-state index is -0.527. The van der Waals surface area contributed by atoms with Gasteiger partial charge in [0.2, 0.25) is 11.3 Å². The molecule has 0 saturated carbocycles. The van der Waals surface area contributed by atoms with Crippen LogP contribution in [0.25, 0.3) is 11.0 Å². The van der Waals surface area contributed by atoms with Crippen LogP contribution in [0.15, 0.2) is 80.9 Å². The fourth-order valence-electron chi connectivity index (χ4n) is 3.84. The molecule has 0 radical (unpaired) electrons. The van der Waals surface area contributed by atoms with Crippen LogP contribution in [0.5, 0.6) is 11.5 Å². The van der Waals surface area contributed by atoms with Gasteiger partial charge in [-0.15, -0.1) is 0 Å². The maximum absolute atomic E-state index is 12.6. The van der Waals surface area contributed by atoms with Crippen LogP contribution in [0, 0.1) is 6.92 Å². The molecule has 2 aromatic heterocycles. The van der Waals surface area contributed by atoms with Crippen LogP contribution in [0.4, 0.5) is 0 Å². The number of fused-ring (bicyclic) bond motifs is 1. The minimum Gasteiger partial charge on any atom is -0.497 e. The topological polar surface area (TPSA) is 99.8 Å². The van der Waals surface area contributed by atoms with E-state index in [4.69, 9.17) is 13.9 Å². The van der Waals surface area contributed by atoms with Crippen molar-refractivity contribution in [3.05, 3.63) is 104 Å². The third-order valence-corrected chi connectivity index (χ3v) is 5.68. The van der Waals surface area contributed by atoms with Crippen molar-refractivity contribution in [2.75, 3.05) is 13.7 Å². The zero-order valence-corrected chi connectivity index (χ0v) is 19.6. The van der Waals surface area contributed by atoms with E-state index in [1.807, 2.05) is 41.8 Å². The Hall–Kier alpha value is -4.33. The van der Waals surface area contributed by atoms with Crippen molar-refractivity contribution in [2.45, 2.75) is 26.5 Å². The van der Waals surface area contributed by atoms with Crippen LogP contribution in [-0.2, 0) is 24.4 Å². The molecular formula is C27H26N2O6. The number of ether oxygens (including phenoxy) is 2. The third-order valence-electron chi connectivity index (χ3n) is 5.68. The second-order valence-electron chi connectivity index (χ2n) is 8.04. The Morgan fingerprint density at radius 3 is 2.63 bits per heavy atom. The first-order valence-electron chi connectivity index (χ1n) is 11.2. The van der Waals surface area contributed by atoms with Gasteiger partial charge in [-0.2, -0.15) is 0 Å². The molecule has 4 rings (SSSR count). The van der Waals surface area contributed by atoms with Gasteiger partial charge >= 0.3 is 5.63 Å². The molecule has 0 aliphatic carbocycles. The average Bonchev–Trinajstić information content (AvgIpc) is 2.85. The molecule has 1 N–H and O–H groups in total. The average molecular weight is 475 g/mol. The summed E-state index contributed by atoms with van der Waals surface area (Å²) in [6.07, 6.45) is 1.71. The number of hydrogen-bond donors (Lipinski definition) is 1. The summed E-state index contributed by atoms with van der Waals surface area (Å²) in [5.74, 6) is 0.624. The summed E-state index contributed by atoms with van der Waals surface area (Å²) in [5.41, 5.74) is 1.88. The highest BCUT2D eigenvalue weighted by atomic mass is 16.5. The first kappa shape index (κ1) is 23.8. The van der Waals surface area contributed by atoms with Crippen LogP contribution < -0.4 is 25.8 Å². The van der Waals surface area contributed by atoms with E-state index >= 15 is 0 Å². The van der Waals surface area contributed by atoms with Crippen molar-refractivity contribution in [3.63, 3.8) is 0 Å². The number of methoxy groups -OCH3 is 1. The SMILES string of the molecule is COc1ccc2c(CC(=O)NCCn3ccc(=O)c(OCc4ccccc4)c3C)cc(=O)oc2c1. The molecule has 0 unspecified atom stereocenters. The lowest BCUT2D eigenvalue weighted by Gasteiger charge is -2.15. The predicted molar refractivity (Wildman–Crippen MR) is 132 cm³/mol. The van der Waals surface area contributed by atoms with Gasteiger partial charge in [0.1, 0.15) is 17.9 Å². The molecule has 1 amide bonds. The van der Waals surface area contributed by atoms with Crippen LogP contribution in [-0.4, -0.2) is 24.1 Å². The zero-order chi connectivity index (χ0) is 24.8. The lowest BCUT2D eigenvalue weighted by molar-refractivity contribution is -0.120. The summed E-state index contributed by atoms with van der Waals surface area (Å²) in [5, 5.41) is 3.55. The van der Waals surface area contributed by atoms with E-state index in [1.54, 1.807) is 24.4 Å². The van der Waals surface area contributed by atoms with E-state index in [0.717, 1.165) is 5.56 Å². The first-order chi connectivity index (χ1) is 16.9. The Bertz CT molecular complexity index is 1460. The van der Waals surface area contributed by atoms with Gasteiger partial charge in [0.15, 0.2) is 5.75 Å². The Kier molecular flexibility index (Phi) is 7.30. The highest BCUT2D eigenvalue weighted by Gasteiger charge is 2.12.